The Bertz CT molecular complexity index is 726. The highest BCUT2D eigenvalue weighted by Crippen LogP contribution is 2.27. The van der Waals surface area contributed by atoms with Crippen LogP contribution in [0.4, 0.5) is 0 Å². The lowest BCUT2D eigenvalue weighted by atomic mass is 10.00. The normalized spacial score (nSPS) is 10.6. The Labute approximate surface area is 104 Å². The average Bonchev–Trinajstić information content (AvgIpc) is 2.38. The second-order valence-electron chi connectivity index (χ2n) is 3.86. The highest BCUT2D eigenvalue weighted by Gasteiger charge is 2.02. The van der Waals surface area contributed by atoms with E-state index in [1.807, 2.05) is 18.2 Å². The molecule has 3 rings (SSSR count). The van der Waals surface area contributed by atoms with Crippen molar-refractivity contribution < 1.29 is 0 Å². The van der Waals surface area contributed by atoms with Crippen LogP contribution in [0.5, 0.6) is 0 Å². The number of hydrogen-bond donors (Lipinski definition) is 1. The molecule has 0 fully saturated rings. The van der Waals surface area contributed by atoms with E-state index in [-0.39, 0.29) is 0 Å². The van der Waals surface area contributed by atoms with Gasteiger partial charge in [-0.1, -0.05) is 54.7 Å². The van der Waals surface area contributed by atoms with E-state index in [1.54, 1.807) is 6.20 Å². The molecule has 17 heavy (non-hydrogen) atoms. The maximum absolute atomic E-state index is 5.10. The number of aromatic nitrogens is 2. The fraction of sp³-hybridized carbons (Fsp3) is 0. The monoisotopic (exact) mass is 238 g/mol. The van der Waals surface area contributed by atoms with Crippen LogP contribution in [0.25, 0.3) is 21.9 Å². The van der Waals surface area contributed by atoms with Crippen molar-refractivity contribution in [1.82, 2.24) is 10.2 Å². The van der Waals surface area contributed by atoms with Crippen LogP contribution in [0.1, 0.15) is 0 Å². The van der Waals surface area contributed by atoms with Gasteiger partial charge in [0.05, 0.1) is 6.20 Å². The van der Waals surface area contributed by atoms with Crippen LogP contribution >= 0.6 is 12.2 Å². The van der Waals surface area contributed by atoms with Gasteiger partial charge in [0.1, 0.15) is 4.64 Å². The van der Waals surface area contributed by atoms with E-state index in [9.17, 15) is 0 Å². The summed E-state index contributed by atoms with van der Waals surface area (Å²) in [5.74, 6) is 0. The summed E-state index contributed by atoms with van der Waals surface area (Å²) >= 11 is 5.10. The molecule has 0 aliphatic carbocycles. The number of aromatic amines is 1. The fourth-order valence-corrected chi connectivity index (χ4v) is 2.18. The second kappa shape index (κ2) is 4.11. The summed E-state index contributed by atoms with van der Waals surface area (Å²) in [5.41, 5.74) is 2.21. The van der Waals surface area contributed by atoms with Crippen LogP contribution in [-0.4, -0.2) is 10.2 Å². The van der Waals surface area contributed by atoms with E-state index in [1.165, 1.54) is 10.8 Å². The first-order chi connectivity index (χ1) is 8.34. The Kier molecular flexibility index (Phi) is 2.46. The third-order valence-corrected chi connectivity index (χ3v) is 2.97. The third kappa shape index (κ3) is 1.85. The topological polar surface area (TPSA) is 28.7 Å². The molecule has 0 amide bonds. The summed E-state index contributed by atoms with van der Waals surface area (Å²) < 4.78 is 0.649. The Morgan fingerprint density at radius 2 is 1.82 bits per heavy atom. The zero-order chi connectivity index (χ0) is 11.7. The molecule has 0 radical (unpaired) electrons. The molecule has 3 aromatic rings. The number of H-pyrrole nitrogens is 1. The van der Waals surface area contributed by atoms with Crippen molar-refractivity contribution in [2.24, 2.45) is 0 Å². The molecular formula is C14H10N2S. The minimum Gasteiger partial charge on any atom is -0.268 e. The number of nitrogens with one attached hydrogen (secondary N) is 1. The van der Waals surface area contributed by atoms with Crippen LogP contribution in [0.2, 0.25) is 0 Å². The van der Waals surface area contributed by atoms with Gasteiger partial charge in [-0.2, -0.15) is 5.10 Å². The molecule has 82 valence electrons. The van der Waals surface area contributed by atoms with E-state index in [2.05, 4.69) is 40.5 Å². The second-order valence-corrected chi connectivity index (χ2v) is 4.30. The van der Waals surface area contributed by atoms with Crippen molar-refractivity contribution in [1.29, 1.82) is 0 Å². The summed E-state index contributed by atoms with van der Waals surface area (Å²) in [6.07, 6.45) is 1.80. The van der Waals surface area contributed by atoms with Crippen LogP contribution in [0.15, 0.2) is 54.7 Å². The Balaban J connectivity index is 2.34. The number of fused-ring (bicyclic) bond motifs is 1. The molecule has 1 heterocycles. The van der Waals surface area contributed by atoms with Gasteiger partial charge in [-0.3, -0.25) is 5.10 Å². The van der Waals surface area contributed by atoms with Crippen LogP contribution in [0, 0.1) is 4.64 Å². The van der Waals surface area contributed by atoms with Crippen LogP contribution in [-0.2, 0) is 0 Å². The molecule has 0 aliphatic heterocycles. The van der Waals surface area contributed by atoms with Crippen molar-refractivity contribution in [3.05, 3.63) is 59.4 Å². The first-order valence-corrected chi connectivity index (χ1v) is 5.78. The number of rotatable bonds is 1. The summed E-state index contributed by atoms with van der Waals surface area (Å²) in [7, 11) is 0. The molecule has 1 aromatic heterocycles. The summed E-state index contributed by atoms with van der Waals surface area (Å²) in [5, 5.41) is 9.24. The zero-order valence-corrected chi connectivity index (χ0v) is 9.87. The average molecular weight is 238 g/mol. The van der Waals surface area contributed by atoms with E-state index >= 15 is 0 Å². The third-order valence-electron chi connectivity index (χ3n) is 2.77. The highest BCUT2D eigenvalue weighted by molar-refractivity contribution is 7.71. The van der Waals surface area contributed by atoms with E-state index in [4.69, 9.17) is 12.2 Å². The predicted octanol–water partition coefficient (Wildman–Crippen LogP) is 3.96. The zero-order valence-electron chi connectivity index (χ0n) is 9.05. The number of hydrogen-bond acceptors (Lipinski definition) is 2. The minimum absolute atomic E-state index is 0.649. The first-order valence-electron chi connectivity index (χ1n) is 5.37. The van der Waals surface area contributed by atoms with Crippen molar-refractivity contribution in [2.45, 2.75) is 0 Å². The molecule has 3 heteroatoms. The maximum atomic E-state index is 5.10. The summed E-state index contributed by atoms with van der Waals surface area (Å²) in [6.45, 7) is 0. The van der Waals surface area contributed by atoms with Crippen LogP contribution < -0.4 is 0 Å². The molecule has 2 nitrogen and oxygen atoms in total. The summed E-state index contributed by atoms with van der Waals surface area (Å²) in [4.78, 5) is 0. The number of nitrogens with zero attached hydrogens (tertiary/aromatic N) is 1. The Morgan fingerprint density at radius 3 is 2.71 bits per heavy atom. The molecular weight excluding hydrogens is 228 g/mol. The van der Waals surface area contributed by atoms with Gasteiger partial charge < -0.3 is 0 Å². The minimum atomic E-state index is 0.649. The predicted molar refractivity (Wildman–Crippen MR) is 72.4 cm³/mol. The van der Waals surface area contributed by atoms with Gasteiger partial charge in [0, 0.05) is 5.56 Å². The standard InChI is InChI=1S/C14H10N2S/c17-14-8-11(9-15-16-14)13-7-3-5-10-4-1-2-6-12(10)13/h1-9H,(H,16,17). The molecule has 0 aliphatic rings. The smallest absolute Gasteiger partial charge is 0.120 e. The van der Waals surface area contributed by atoms with E-state index in [0.29, 0.717) is 4.64 Å². The van der Waals surface area contributed by atoms with Crippen LogP contribution in [0.3, 0.4) is 0 Å². The van der Waals surface area contributed by atoms with Crippen molar-refractivity contribution in [3.63, 3.8) is 0 Å². The largest absolute Gasteiger partial charge is 0.268 e. The Hall–Kier alpha value is -2.00. The lowest BCUT2D eigenvalue weighted by Gasteiger charge is -2.05. The van der Waals surface area contributed by atoms with Gasteiger partial charge in [0.25, 0.3) is 0 Å². The lowest BCUT2D eigenvalue weighted by molar-refractivity contribution is 1.02. The van der Waals surface area contributed by atoms with Gasteiger partial charge in [0.2, 0.25) is 0 Å². The molecule has 0 unspecified atom stereocenters. The molecule has 0 saturated heterocycles. The maximum Gasteiger partial charge on any atom is 0.120 e. The lowest BCUT2D eigenvalue weighted by Crippen LogP contribution is -1.85. The molecule has 0 atom stereocenters. The van der Waals surface area contributed by atoms with Gasteiger partial charge in [-0.25, -0.2) is 0 Å². The molecule has 0 spiro atoms. The van der Waals surface area contributed by atoms with Gasteiger partial charge >= 0.3 is 0 Å². The van der Waals surface area contributed by atoms with Crippen molar-refractivity contribution in [2.75, 3.05) is 0 Å². The first kappa shape index (κ1) is 10.2. The fourth-order valence-electron chi connectivity index (χ4n) is 2.00. The van der Waals surface area contributed by atoms with Gasteiger partial charge in [0.15, 0.2) is 0 Å². The molecule has 0 bridgehead atoms. The molecule has 0 saturated carbocycles. The molecule has 1 N–H and O–H groups in total. The van der Waals surface area contributed by atoms with E-state index < -0.39 is 0 Å². The molecule has 2 aromatic carbocycles. The highest BCUT2D eigenvalue weighted by atomic mass is 32.1. The quantitative estimate of drug-likeness (QED) is 0.650. The summed E-state index contributed by atoms with van der Waals surface area (Å²) in [6, 6.07) is 16.5. The number of benzene rings is 2. The van der Waals surface area contributed by atoms with Crippen molar-refractivity contribution in [3.8, 4) is 11.1 Å². The van der Waals surface area contributed by atoms with Crippen molar-refractivity contribution >= 4 is 23.0 Å². The van der Waals surface area contributed by atoms with Gasteiger partial charge in [-0.05, 0) is 22.4 Å². The Morgan fingerprint density at radius 1 is 1.00 bits per heavy atom. The SMILES string of the molecule is S=c1cc(-c2cccc3ccccc23)cn[nH]1. The van der Waals surface area contributed by atoms with E-state index in [0.717, 1.165) is 11.1 Å². The van der Waals surface area contributed by atoms with Gasteiger partial charge in [-0.15, -0.1) is 0 Å².